The Morgan fingerprint density at radius 1 is 1.40 bits per heavy atom. The molecule has 1 aliphatic rings. The van der Waals surface area contributed by atoms with Gasteiger partial charge in [-0.05, 0) is 12.8 Å². The molecule has 0 bridgehead atoms. The van der Waals surface area contributed by atoms with Crippen LogP contribution in [0.5, 0.6) is 0 Å². The fourth-order valence-electron chi connectivity index (χ4n) is 2.14. The van der Waals surface area contributed by atoms with Crippen molar-refractivity contribution in [1.82, 2.24) is 15.3 Å². The molecule has 1 unspecified atom stereocenters. The number of carbonyl (C=O) groups is 2. The zero-order chi connectivity index (χ0) is 14.5. The van der Waals surface area contributed by atoms with Crippen LogP contribution in [0.4, 0.5) is 11.6 Å². The van der Waals surface area contributed by atoms with Gasteiger partial charge in [-0.15, -0.1) is 0 Å². The highest BCUT2D eigenvalue weighted by atomic mass is 16.2. The van der Waals surface area contributed by atoms with Crippen molar-refractivity contribution < 1.29 is 9.59 Å². The third kappa shape index (κ3) is 3.02. The van der Waals surface area contributed by atoms with Crippen LogP contribution >= 0.6 is 0 Å². The fraction of sp³-hybridized carbons (Fsp3) is 0.500. The summed E-state index contributed by atoms with van der Waals surface area (Å²) in [7, 11) is 0. The molecule has 8 heteroatoms. The first-order valence-electron chi connectivity index (χ1n) is 6.56. The Kier molecular flexibility index (Phi) is 4.46. The Morgan fingerprint density at radius 3 is 2.80 bits per heavy atom. The lowest BCUT2D eigenvalue weighted by atomic mass is 10.1. The second-order valence-corrected chi connectivity index (χ2v) is 4.59. The number of hydrazine groups is 1. The second-order valence-electron chi connectivity index (χ2n) is 4.59. The second kappa shape index (κ2) is 6.29. The van der Waals surface area contributed by atoms with Gasteiger partial charge in [-0.25, -0.2) is 15.8 Å². The molecular formula is C12H18N6O2. The first-order chi connectivity index (χ1) is 9.65. The van der Waals surface area contributed by atoms with E-state index in [1.54, 1.807) is 0 Å². The largest absolute Gasteiger partial charge is 0.358 e. The van der Waals surface area contributed by atoms with Crippen LogP contribution in [-0.4, -0.2) is 27.8 Å². The Balaban J connectivity index is 2.20. The number of nitrogens with zero attached hydrogens (tertiary/aromatic N) is 2. The maximum Gasteiger partial charge on any atom is 0.249 e. The van der Waals surface area contributed by atoms with Crippen molar-refractivity contribution in [1.29, 1.82) is 0 Å². The average Bonchev–Trinajstić information content (AvgIpc) is 2.43. The Labute approximate surface area is 116 Å². The van der Waals surface area contributed by atoms with Gasteiger partial charge in [0, 0.05) is 12.0 Å². The summed E-state index contributed by atoms with van der Waals surface area (Å²) in [5.41, 5.74) is 3.37. The number of nitrogens with two attached hydrogens (primary N) is 1. The van der Waals surface area contributed by atoms with Gasteiger partial charge >= 0.3 is 0 Å². The minimum Gasteiger partial charge on any atom is -0.358 e. The third-order valence-electron chi connectivity index (χ3n) is 3.13. The molecule has 5 N–H and O–H groups in total. The molecule has 2 rings (SSSR count). The van der Waals surface area contributed by atoms with Crippen LogP contribution in [0.3, 0.4) is 0 Å². The smallest absolute Gasteiger partial charge is 0.249 e. The summed E-state index contributed by atoms with van der Waals surface area (Å²) in [5.74, 6) is 5.98. The Hall–Kier alpha value is -2.22. The Bertz CT molecular complexity index is 519. The van der Waals surface area contributed by atoms with Gasteiger partial charge in [0.25, 0.3) is 0 Å². The highest BCUT2D eigenvalue weighted by Crippen LogP contribution is 2.22. The van der Waals surface area contributed by atoms with Crippen molar-refractivity contribution in [3.05, 3.63) is 11.9 Å². The van der Waals surface area contributed by atoms with Crippen molar-refractivity contribution in [3.8, 4) is 0 Å². The molecular weight excluding hydrogens is 260 g/mol. The number of rotatable bonds is 5. The lowest BCUT2D eigenvalue weighted by Crippen LogP contribution is -2.47. The first kappa shape index (κ1) is 14.2. The predicted octanol–water partition coefficient (Wildman–Crippen LogP) is -0.0682. The van der Waals surface area contributed by atoms with Crippen molar-refractivity contribution >= 4 is 23.5 Å². The van der Waals surface area contributed by atoms with E-state index in [1.165, 1.54) is 6.33 Å². The summed E-state index contributed by atoms with van der Waals surface area (Å²) in [6, 6.07) is -0.469. The molecule has 8 nitrogen and oxygen atoms in total. The van der Waals surface area contributed by atoms with Crippen LogP contribution < -0.4 is 21.9 Å². The molecule has 2 heterocycles. The van der Waals surface area contributed by atoms with Crippen LogP contribution in [0.2, 0.25) is 0 Å². The molecule has 0 saturated carbocycles. The van der Waals surface area contributed by atoms with Crippen molar-refractivity contribution in [2.45, 2.75) is 38.6 Å². The molecule has 0 aromatic carbocycles. The van der Waals surface area contributed by atoms with Crippen molar-refractivity contribution in [2.24, 2.45) is 5.84 Å². The summed E-state index contributed by atoms with van der Waals surface area (Å²) in [4.78, 5) is 31.1. The molecule has 1 atom stereocenters. The predicted molar refractivity (Wildman–Crippen MR) is 73.6 cm³/mol. The molecule has 20 heavy (non-hydrogen) atoms. The maximum atomic E-state index is 11.8. The zero-order valence-corrected chi connectivity index (χ0v) is 11.3. The van der Waals surface area contributed by atoms with E-state index in [1.807, 2.05) is 6.92 Å². The molecule has 0 radical (unpaired) electrons. The number of aromatic nitrogens is 2. The number of hydrogen-bond acceptors (Lipinski definition) is 7. The number of nitrogen functional groups attached to an aromatic ring is 1. The normalized spacial score (nSPS) is 18.6. The maximum absolute atomic E-state index is 11.8. The molecule has 1 aromatic rings. The van der Waals surface area contributed by atoms with Crippen LogP contribution in [0.25, 0.3) is 0 Å². The Morgan fingerprint density at radius 2 is 2.15 bits per heavy atom. The van der Waals surface area contributed by atoms with Crippen molar-refractivity contribution in [2.75, 3.05) is 10.7 Å². The number of carbonyl (C=O) groups excluding carboxylic acids is 2. The van der Waals surface area contributed by atoms with E-state index in [4.69, 9.17) is 5.84 Å². The van der Waals surface area contributed by atoms with Crippen LogP contribution in [0, 0.1) is 0 Å². The summed E-state index contributed by atoms with van der Waals surface area (Å²) in [6.07, 6.45) is 3.77. The topological polar surface area (TPSA) is 122 Å². The summed E-state index contributed by atoms with van der Waals surface area (Å²) in [6.45, 7) is 2.03. The van der Waals surface area contributed by atoms with Crippen LogP contribution in [0.15, 0.2) is 6.33 Å². The quantitative estimate of drug-likeness (QED) is 0.338. The molecule has 1 saturated heterocycles. The highest BCUT2D eigenvalue weighted by molar-refractivity contribution is 6.01. The van der Waals surface area contributed by atoms with Crippen LogP contribution in [-0.2, 0) is 16.0 Å². The number of amides is 2. The zero-order valence-electron chi connectivity index (χ0n) is 11.3. The van der Waals surface area contributed by atoms with E-state index in [9.17, 15) is 9.59 Å². The summed E-state index contributed by atoms with van der Waals surface area (Å²) >= 11 is 0. The van der Waals surface area contributed by atoms with Gasteiger partial charge in [-0.2, -0.15) is 0 Å². The van der Waals surface area contributed by atoms with E-state index in [2.05, 4.69) is 26.0 Å². The lowest BCUT2D eigenvalue weighted by Gasteiger charge is -2.23. The minimum atomic E-state index is -0.469. The molecule has 1 aromatic heterocycles. The highest BCUT2D eigenvalue weighted by Gasteiger charge is 2.27. The number of hydrogen-bond donors (Lipinski definition) is 4. The molecule has 108 valence electrons. The molecule has 0 spiro atoms. The van der Waals surface area contributed by atoms with Gasteiger partial charge < -0.3 is 10.7 Å². The standard InChI is InChI=1S/C12H18N6O2/c1-2-3-7-10(14-6-15-11(7)18-13)16-8-4-5-9(19)17-12(8)20/h6,8H,2-5,13H2,1H3,(H,17,19,20)(H2,14,15,16,18). The average molecular weight is 278 g/mol. The molecule has 1 aliphatic heterocycles. The minimum absolute atomic E-state index is 0.242. The first-order valence-corrected chi connectivity index (χ1v) is 6.56. The van der Waals surface area contributed by atoms with Gasteiger partial charge in [0.1, 0.15) is 24.0 Å². The van der Waals surface area contributed by atoms with Gasteiger partial charge in [0.15, 0.2) is 0 Å². The number of nitrogens with one attached hydrogen (secondary N) is 3. The fourth-order valence-corrected chi connectivity index (χ4v) is 2.14. The number of imide groups is 1. The van der Waals surface area contributed by atoms with Gasteiger partial charge in [-0.3, -0.25) is 14.9 Å². The molecule has 1 fully saturated rings. The van der Waals surface area contributed by atoms with Crippen LogP contribution in [0.1, 0.15) is 31.7 Å². The van der Waals surface area contributed by atoms with E-state index in [-0.39, 0.29) is 11.8 Å². The molecule has 0 aliphatic carbocycles. The molecule has 2 amide bonds. The summed E-state index contributed by atoms with van der Waals surface area (Å²) in [5, 5.41) is 5.37. The van der Waals surface area contributed by atoms with Gasteiger partial charge in [-0.1, -0.05) is 13.3 Å². The van der Waals surface area contributed by atoms with E-state index >= 15 is 0 Å². The van der Waals surface area contributed by atoms with E-state index in [0.29, 0.717) is 24.5 Å². The summed E-state index contributed by atoms with van der Waals surface area (Å²) < 4.78 is 0. The number of piperidine rings is 1. The van der Waals surface area contributed by atoms with E-state index < -0.39 is 6.04 Å². The monoisotopic (exact) mass is 278 g/mol. The number of anilines is 2. The van der Waals surface area contributed by atoms with Gasteiger partial charge in [0.2, 0.25) is 11.8 Å². The van der Waals surface area contributed by atoms with E-state index in [0.717, 1.165) is 18.4 Å². The SMILES string of the molecule is CCCc1c(NN)ncnc1NC1CCC(=O)NC1=O. The third-order valence-corrected chi connectivity index (χ3v) is 3.13. The lowest BCUT2D eigenvalue weighted by molar-refractivity contribution is -0.133. The van der Waals surface area contributed by atoms with Gasteiger partial charge in [0.05, 0.1) is 0 Å². The van der Waals surface area contributed by atoms with Crippen molar-refractivity contribution in [3.63, 3.8) is 0 Å².